The van der Waals surface area contributed by atoms with E-state index in [1.807, 2.05) is 0 Å². The number of hydrogen-bond acceptors (Lipinski definition) is 4. The Morgan fingerprint density at radius 2 is 1.90 bits per heavy atom. The molecule has 7 nitrogen and oxygen atoms in total. The van der Waals surface area contributed by atoms with Gasteiger partial charge in [0.15, 0.2) is 11.5 Å². The van der Waals surface area contributed by atoms with Gasteiger partial charge in [-0.3, -0.25) is 4.79 Å². The van der Waals surface area contributed by atoms with Crippen molar-refractivity contribution in [3.63, 3.8) is 0 Å². The molecule has 2 aromatic carbocycles. The first-order valence-electron chi connectivity index (χ1n) is 8.80. The van der Waals surface area contributed by atoms with E-state index in [0.29, 0.717) is 27.8 Å². The van der Waals surface area contributed by atoms with Crippen LogP contribution in [0.5, 0.6) is 0 Å². The molecule has 10 heteroatoms. The SMILES string of the molecule is Cc1cc2nn(CC(=O)Nc3cccc(Cl)c3F)c(=O)n2c(-c2ccc(Cl)cc2)n1. The minimum absolute atomic E-state index is 0.0799. The zero-order valence-electron chi connectivity index (χ0n) is 15.6. The quantitative estimate of drug-likeness (QED) is 0.515. The minimum atomic E-state index is -0.750. The molecule has 2 heterocycles. The molecule has 1 N–H and O–H groups in total. The molecule has 0 aliphatic carbocycles. The first-order chi connectivity index (χ1) is 14.3. The van der Waals surface area contributed by atoms with Crippen molar-refractivity contribution in [3.8, 4) is 11.4 Å². The van der Waals surface area contributed by atoms with Crippen LogP contribution in [0, 0.1) is 12.7 Å². The van der Waals surface area contributed by atoms with Gasteiger partial charge in [0.25, 0.3) is 0 Å². The van der Waals surface area contributed by atoms with Gasteiger partial charge in [-0.15, -0.1) is 5.10 Å². The van der Waals surface area contributed by atoms with Crippen molar-refractivity contribution in [2.24, 2.45) is 0 Å². The molecule has 0 radical (unpaired) electrons. The van der Waals surface area contributed by atoms with Gasteiger partial charge in [0.1, 0.15) is 12.4 Å². The Bertz CT molecular complexity index is 1330. The summed E-state index contributed by atoms with van der Waals surface area (Å²) in [5.74, 6) is -1.00. The summed E-state index contributed by atoms with van der Waals surface area (Å²) in [6.07, 6.45) is 0. The summed E-state index contributed by atoms with van der Waals surface area (Å²) >= 11 is 11.7. The van der Waals surface area contributed by atoms with Crippen molar-refractivity contribution in [1.82, 2.24) is 19.2 Å². The predicted molar refractivity (Wildman–Crippen MR) is 112 cm³/mol. The van der Waals surface area contributed by atoms with Crippen LogP contribution < -0.4 is 11.0 Å². The third kappa shape index (κ3) is 3.79. The number of aryl methyl sites for hydroxylation is 1. The van der Waals surface area contributed by atoms with E-state index >= 15 is 0 Å². The topological polar surface area (TPSA) is 81.3 Å². The van der Waals surface area contributed by atoms with Gasteiger partial charge in [0.05, 0.1) is 10.7 Å². The second-order valence-corrected chi connectivity index (χ2v) is 7.36. The van der Waals surface area contributed by atoms with Gasteiger partial charge in [0, 0.05) is 22.3 Å². The summed E-state index contributed by atoms with van der Waals surface area (Å²) in [7, 11) is 0. The summed E-state index contributed by atoms with van der Waals surface area (Å²) in [5.41, 5.74) is 1.02. The van der Waals surface area contributed by atoms with E-state index < -0.39 is 24.0 Å². The molecule has 0 aliphatic heterocycles. The Balaban J connectivity index is 1.71. The Kier molecular flexibility index (Phi) is 5.27. The Hall–Kier alpha value is -3.23. The summed E-state index contributed by atoms with van der Waals surface area (Å²) in [6, 6.07) is 12.7. The highest BCUT2D eigenvalue weighted by atomic mass is 35.5. The summed E-state index contributed by atoms with van der Waals surface area (Å²) in [5, 5.41) is 7.05. The third-order valence-electron chi connectivity index (χ3n) is 4.32. The number of benzene rings is 2. The standard InChI is InChI=1S/C20H14Cl2FN5O2/c1-11-9-16-26-27(10-17(29)25-15-4-2-3-14(22)18(15)23)20(30)28(16)19(24-11)12-5-7-13(21)8-6-12/h2-9H,10H2,1H3,(H,25,29). The monoisotopic (exact) mass is 445 g/mol. The number of anilines is 1. The van der Waals surface area contributed by atoms with Crippen LogP contribution in [0.25, 0.3) is 17.0 Å². The lowest BCUT2D eigenvalue weighted by Gasteiger charge is -2.06. The second-order valence-electron chi connectivity index (χ2n) is 6.51. The van der Waals surface area contributed by atoms with Gasteiger partial charge >= 0.3 is 5.69 Å². The van der Waals surface area contributed by atoms with Gasteiger partial charge in [-0.1, -0.05) is 29.3 Å². The molecule has 1 amide bonds. The van der Waals surface area contributed by atoms with Gasteiger partial charge < -0.3 is 5.32 Å². The van der Waals surface area contributed by atoms with Gasteiger partial charge in [0.2, 0.25) is 5.91 Å². The zero-order chi connectivity index (χ0) is 21.4. The fraction of sp³-hybridized carbons (Fsp3) is 0.100. The lowest BCUT2D eigenvalue weighted by molar-refractivity contribution is -0.117. The van der Waals surface area contributed by atoms with Crippen molar-refractivity contribution in [1.29, 1.82) is 0 Å². The van der Waals surface area contributed by atoms with E-state index in [0.717, 1.165) is 4.68 Å². The van der Waals surface area contributed by atoms with E-state index in [1.165, 1.54) is 22.6 Å². The number of carbonyl (C=O) groups excluding carboxylic acids is 1. The molecule has 0 saturated heterocycles. The molecule has 0 saturated carbocycles. The molecule has 152 valence electrons. The van der Waals surface area contributed by atoms with E-state index in [1.54, 1.807) is 37.3 Å². The van der Waals surface area contributed by atoms with Crippen LogP contribution in [-0.2, 0) is 11.3 Å². The van der Waals surface area contributed by atoms with Crippen LogP contribution in [-0.4, -0.2) is 25.1 Å². The van der Waals surface area contributed by atoms with Crippen LogP contribution in [0.15, 0.2) is 53.3 Å². The lowest BCUT2D eigenvalue weighted by Crippen LogP contribution is -2.29. The van der Waals surface area contributed by atoms with E-state index in [9.17, 15) is 14.0 Å². The van der Waals surface area contributed by atoms with E-state index in [4.69, 9.17) is 23.2 Å². The maximum Gasteiger partial charge on any atom is 0.352 e. The maximum absolute atomic E-state index is 14.0. The largest absolute Gasteiger partial charge is 0.352 e. The molecule has 0 aliphatic rings. The van der Waals surface area contributed by atoms with E-state index in [-0.39, 0.29) is 10.7 Å². The molecule has 0 spiro atoms. The van der Waals surface area contributed by atoms with Crippen LogP contribution in [0.1, 0.15) is 5.69 Å². The average molecular weight is 446 g/mol. The number of nitrogens with one attached hydrogen (secondary N) is 1. The number of aromatic nitrogens is 4. The smallest absolute Gasteiger partial charge is 0.322 e. The zero-order valence-corrected chi connectivity index (χ0v) is 17.1. The van der Waals surface area contributed by atoms with Crippen molar-refractivity contribution < 1.29 is 9.18 Å². The van der Waals surface area contributed by atoms with E-state index in [2.05, 4.69) is 15.4 Å². The summed E-state index contributed by atoms with van der Waals surface area (Å²) < 4.78 is 16.3. The van der Waals surface area contributed by atoms with Crippen molar-refractivity contribution in [2.45, 2.75) is 13.5 Å². The Labute approximate surface area is 179 Å². The van der Waals surface area contributed by atoms with Gasteiger partial charge in [-0.2, -0.15) is 0 Å². The van der Waals surface area contributed by atoms with Crippen molar-refractivity contribution in [3.05, 3.63) is 80.6 Å². The molecule has 0 unspecified atom stereocenters. The number of rotatable bonds is 4. The summed E-state index contributed by atoms with van der Waals surface area (Å²) in [4.78, 5) is 29.8. The lowest BCUT2D eigenvalue weighted by atomic mass is 10.2. The first-order valence-corrected chi connectivity index (χ1v) is 9.56. The highest BCUT2D eigenvalue weighted by Crippen LogP contribution is 2.22. The van der Waals surface area contributed by atoms with Crippen LogP contribution in [0.2, 0.25) is 10.0 Å². The second kappa shape index (κ2) is 7.89. The fourth-order valence-corrected chi connectivity index (χ4v) is 3.28. The molecular formula is C20H14Cl2FN5O2. The number of halogens is 3. The van der Waals surface area contributed by atoms with Crippen molar-refractivity contribution >= 4 is 40.4 Å². The molecular weight excluding hydrogens is 432 g/mol. The average Bonchev–Trinajstić information content (AvgIpc) is 3.00. The molecule has 4 rings (SSSR count). The highest BCUT2D eigenvalue weighted by molar-refractivity contribution is 6.31. The first kappa shape index (κ1) is 20.1. The number of hydrogen-bond donors (Lipinski definition) is 1. The van der Waals surface area contributed by atoms with Gasteiger partial charge in [-0.25, -0.2) is 23.3 Å². The molecule has 0 bridgehead atoms. The normalized spacial score (nSPS) is 11.1. The predicted octanol–water partition coefficient (Wildman–Crippen LogP) is 3.95. The van der Waals surface area contributed by atoms with Crippen molar-refractivity contribution in [2.75, 3.05) is 5.32 Å². The van der Waals surface area contributed by atoms with Crippen LogP contribution in [0.4, 0.5) is 10.1 Å². The fourth-order valence-electron chi connectivity index (χ4n) is 2.97. The molecule has 30 heavy (non-hydrogen) atoms. The molecule has 4 aromatic rings. The third-order valence-corrected chi connectivity index (χ3v) is 4.86. The van der Waals surface area contributed by atoms with Crippen LogP contribution >= 0.6 is 23.2 Å². The number of nitrogens with zero attached hydrogens (tertiary/aromatic N) is 4. The van der Waals surface area contributed by atoms with Gasteiger partial charge in [-0.05, 0) is 43.3 Å². The Morgan fingerprint density at radius 3 is 2.63 bits per heavy atom. The molecule has 0 fully saturated rings. The summed E-state index contributed by atoms with van der Waals surface area (Å²) in [6.45, 7) is 1.36. The Morgan fingerprint density at radius 1 is 1.17 bits per heavy atom. The molecule has 2 aromatic heterocycles. The molecule has 0 atom stereocenters. The van der Waals surface area contributed by atoms with Crippen LogP contribution in [0.3, 0.4) is 0 Å². The number of amides is 1. The maximum atomic E-state index is 14.0. The highest BCUT2D eigenvalue weighted by Gasteiger charge is 2.17. The minimum Gasteiger partial charge on any atom is -0.322 e. The number of fused-ring (bicyclic) bond motifs is 1. The number of carbonyl (C=O) groups is 1.